The maximum atomic E-state index is 12.0. The van der Waals surface area contributed by atoms with Crippen molar-refractivity contribution in [2.24, 2.45) is 0 Å². The van der Waals surface area contributed by atoms with Crippen molar-refractivity contribution in [3.63, 3.8) is 0 Å². The van der Waals surface area contributed by atoms with Crippen LogP contribution in [0.1, 0.15) is 37.4 Å². The molecule has 0 radical (unpaired) electrons. The van der Waals surface area contributed by atoms with Crippen LogP contribution in [0.15, 0.2) is 59.5 Å². The van der Waals surface area contributed by atoms with Crippen LogP contribution in [0.2, 0.25) is 0 Å². The number of aryl methyl sites for hydroxylation is 1. The van der Waals surface area contributed by atoms with E-state index in [9.17, 15) is 4.79 Å². The lowest BCUT2D eigenvalue weighted by atomic mass is 10.0. The molecule has 1 N–H and O–H groups in total. The molecule has 2 nitrogen and oxygen atoms in total. The predicted octanol–water partition coefficient (Wildman–Crippen LogP) is 4.61. The largest absolute Gasteiger partial charge is 0.350 e. The molecule has 0 saturated heterocycles. The Bertz CT molecular complexity index is 580. The molecule has 0 saturated carbocycles. The van der Waals surface area contributed by atoms with Gasteiger partial charge in [0.15, 0.2) is 0 Å². The summed E-state index contributed by atoms with van der Waals surface area (Å²) in [5.41, 5.74) is 2.47. The van der Waals surface area contributed by atoms with Crippen molar-refractivity contribution in [1.29, 1.82) is 0 Å². The summed E-state index contributed by atoms with van der Waals surface area (Å²) in [6, 6.07) is 18.7. The topological polar surface area (TPSA) is 29.1 Å². The first-order chi connectivity index (χ1) is 10.7. The molecule has 0 bridgehead atoms. The molecule has 0 fully saturated rings. The third kappa shape index (κ3) is 5.23. The molecule has 2 aromatic carbocycles. The Balaban J connectivity index is 1.76. The van der Waals surface area contributed by atoms with Crippen molar-refractivity contribution in [2.75, 3.05) is 5.75 Å². The number of thioether (sulfide) groups is 1. The highest BCUT2D eigenvalue weighted by Crippen LogP contribution is 2.18. The lowest BCUT2D eigenvalue weighted by Crippen LogP contribution is -2.26. The smallest absolute Gasteiger partial charge is 0.221 e. The van der Waals surface area contributed by atoms with Gasteiger partial charge in [0.1, 0.15) is 0 Å². The minimum absolute atomic E-state index is 0.0557. The zero-order valence-corrected chi connectivity index (χ0v) is 14.0. The van der Waals surface area contributed by atoms with E-state index in [1.165, 1.54) is 10.5 Å². The fourth-order valence-corrected chi connectivity index (χ4v) is 3.09. The average molecular weight is 313 g/mol. The van der Waals surface area contributed by atoms with Gasteiger partial charge in [-0.25, -0.2) is 0 Å². The third-order valence-electron chi connectivity index (χ3n) is 3.61. The van der Waals surface area contributed by atoms with Crippen LogP contribution in [0, 0.1) is 0 Å². The van der Waals surface area contributed by atoms with Crippen molar-refractivity contribution < 1.29 is 4.79 Å². The van der Waals surface area contributed by atoms with Crippen LogP contribution >= 0.6 is 11.8 Å². The summed E-state index contributed by atoms with van der Waals surface area (Å²) in [5.74, 6) is 0.910. The molecule has 116 valence electrons. The van der Waals surface area contributed by atoms with Crippen LogP contribution in [-0.4, -0.2) is 11.7 Å². The van der Waals surface area contributed by atoms with E-state index in [-0.39, 0.29) is 11.9 Å². The number of carbonyl (C=O) groups is 1. The standard InChI is InChI=1S/C19H23NOS/c1-3-16-9-11-17(12-10-16)15(2)20-19(21)13-14-22-18-7-5-4-6-8-18/h4-12,15H,3,13-14H2,1-2H3,(H,20,21)/t15-/m0/s1. The van der Waals surface area contributed by atoms with Gasteiger partial charge in [0.2, 0.25) is 5.91 Å². The van der Waals surface area contributed by atoms with E-state index in [0.29, 0.717) is 6.42 Å². The van der Waals surface area contributed by atoms with Crippen LogP contribution in [0.3, 0.4) is 0 Å². The monoisotopic (exact) mass is 313 g/mol. The number of carbonyl (C=O) groups excluding carboxylic acids is 1. The Morgan fingerprint density at radius 3 is 2.41 bits per heavy atom. The van der Waals surface area contributed by atoms with Gasteiger partial charge < -0.3 is 5.32 Å². The fraction of sp³-hybridized carbons (Fsp3) is 0.316. The Morgan fingerprint density at radius 2 is 1.77 bits per heavy atom. The van der Waals surface area contributed by atoms with Gasteiger partial charge in [0.05, 0.1) is 6.04 Å². The Labute approximate surface area is 137 Å². The Hall–Kier alpha value is -1.74. The Morgan fingerprint density at radius 1 is 1.09 bits per heavy atom. The van der Waals surface area contributed by atoms with Gasteiger partial charge in [-0.2, -0.15) is 0 Å². The summed E-state index contributed by atoms with van der Waals surface area (Å²) in [5, 5.41) is 3.07. The summed E-state index contributed by atoms with van der Waals surface area (Å²) < 4.78 is 0. The maximum Gasteiger partial charge on any atom is 0.221 e. The molecule has 0 spiro atoms. The van der Waals surface area contributed by atoms with E-state index in [4.69, 9.17) is 0 Å². The molecule has 1 amide bonds. The molecular weight excluding hydrogens is 290 g/mol. The SMILES string of the molecule is CCc1ccc([C@H](C)NC(=O)CCSc2ccccc2)cc1. The fourth-order valence-electron chi connectivity index (χ4n) is 2.22. The highest BCUT2D eigenvalue weighted by atomic mass is 32.2. The Kier molecular flexibility index (Phi) is 6.53. The molecule has 22 heavy (non-hydrogen) atoms. The van der Waals surface area contributed by atoms with Crippen molar-refractivity contribution in [2.45, 2.75) is 37.6 Å². The maximum absolute atomic E-state index is 12.0. The van der Waals surface area contributed by atoms with Gasteiger partial charge in [0, 0.05) is 17.1 Å². The van der Waals surface area contributed by atoms with Gasteiger partial charge in [0.25, 0.3) is 0 Å². The van der Waals surface area contributed by atoms with Gasteiger partial charge in [-0.15, -0.1) is 11.8 Å². The van der Waals surface area contributed by atoms with Crippen molar-refractivity contribution in [3.05, 3.63) is 65.7 Å². The third-order valence-corrected chi connectivity index (χ3v) is 4.62. The van der Waals surface area contributed by atoms with E-state index < -0.39 is 0 Å². The molecular formula is C19H23NOS. The molecule has 0 aliphatic heterocycles. The van der Waals surface area contributed by atoms with Gasteiger partial charge in [-0.3, -0.25) is 4.79 Å². The zero-order valence-electron chi connectivity index (χ0n) is 13.2. The first-order valence-corrected chi connectivity index (χ1v) is 8.73. The van der Waals surface area contributed by atoms with Crippen molar-refractivity contribution in [3.8, 4) is 0 Å². The lowest BCUT2D eigenvalue weighted by molar-refractivity contribution is -0.121. The lowest BCUT2D eigenvalue weighted by Gasteiger charge is -2.14. The summed E-state index contributed by atoms with van der Waals surface area (Å²) in [6.07, 6.45) is 1.58. The van der Waals surface area contributed by atoms with Gasteiger partial charge >= 0.3 is 0 Å². The minimum Gasteiger partial charge on any atom is -0.350 e. The quantitative estimate of drug-likeness (QED) is 0.756. The van der Waals surface area contributed by atoms with E-state index in [0.717, 1.165) is 17.7 Å². The first kappa shape index (κ1) is 16.6. The molecule has 1 atom stereocenters. The zero-order chi connectivity index (χ0) is 15.8. The summed E-state index contributed by atoms with van der Waals surface area (Å²) in [4.78, 5) is 13.2. The minimum atomic E-state index is 0.0557. The molecule has 0 aromatic heterocycles. The predicted molar refractivity (Wildman–Crippen MR) is 94.2 cm³/mol. The highest BCUT2D eigenvalue weighted by molar-refractivity contribution is 7.99. The van der Waals surface area contributed by atoms with Gasteiger partial charge in [-0.1, -0.05) is 49.4 Å². The molecule has 0 unspecified atom stereocenters. The second kappa shape index (κ2) is 8.64. The van der Waals surface area contributed by atoms with Crippen LogP contribution in [0.5, 0.6) is 0 Å². The highest BCUT2D eigenvalue weighted by Gasteiger charge is 2.09. The second-order valence-corrected chi connectivity index (χ2v) is 6.46. The molecule has 0 heterocycles. The molecule has 3 heteroatoms. The average Bonchev–Trinajstić information content (AvgIpc) is 2.56. The van der Waals surface area contributed by atoms with Crippen LogP contribution in [0.4, 0.5) is 0 Å². The molecule has 2 aromatic rings. The van der Waals surface area contributed by atoms with Crippen LogP contribution < -0.4 is 5.32 Å². The van der Waals surface area contributed by atoms with E-state index in [1.807, 2.05) is 25.1 Å². The number of nitrogens with one attached hydrogen (secondary N) is 1. The second-order valence-electron chi connectivity index (χ2n) is 5.30. The number of hydrogen-bond acceptors (Lipinski definition) is 2. The molecule has 0 aliphatic rings. The number of rotatable bonds is 7. The summed E-state index contributed by atoms with van der Waals surface area (Å²) >= 11 is 1.72. The molecule has 2 rings (SSSR count). The van der Waals surface area contributed by atoms with E-state index >= 15 is 0 Å². The summed E-state index contributed by atoms with van der Waals surface area (Å²) in [6.45, 7) is 4.17. The first-order valence-electron chi connectivity index (χ1n) is 7.75. The number of benzene rings is 2. The number of amides is 1. The summed E-state index contributed by atoms with van der Waals surface area (Å²) in [7, 11) is 0. The van der Waals surface area contributed by atoms with Gasteiger partial charge in [-0.05, 0) is 36.6 Å². The van der Waals surface area contributed by atoms with Crippen LogP contribution in [0.25, 0.3) is 0 Å². The van der Waals surface area contributed by atoms with Crippen LogP contribution in [-0.2, 0) is 11.2 Å². The van der Waals surface area contributed by atoms with E-state index in [1.54, 1.807) is 11.8 Å². The number of hydrogen-bond donors (Lipinski definition) is 1. The van der Waals surface area contributed by atoms with Crippen molar-refractivity contribution in [1.82, 2.24) is 5.32 Å². The van der Waals surface area contributed by atoms with E-state index in [2.05, 4.69) is 48.6 Å². The normalized spacial score (nSPS) is 11.9. The van der Waals surface area contributed by atoms with Crippen molar-refractivity contribution >= 4 is 17.7 Å². The molecule has 0 aliphatic carbocycles.